The van der Waals surface area contributed by atoms with Crippen LogP contribution in [0.5, 0.6) is 0 Å². The molecule has 84 valence electrons. The molecule has 0 aliphatic rings. The first-order valence-corrected chi connectivity index (χ1v) is 6.17. The van der Waals surface area contributed by atoms with Crippen LogP contribution in [0.1, 0.15) is 5.56 Å². The van der Waals surface area contributed by atoms with E-state index in [9.17, 15) is 0 Å². The molecule has 0 amide bonds. The van der Waals surface area contributed by atoms with Gasteiger partial charge in [-0.2, -0.15) is 0 Å². The first kappa shape index (κ1) is 11.2. The lowest BCUT2D eigenvalue weighted by Crippen LogP contribution is -2.02. The van der Waals surface area contributed by atoms with Gasteiger partial charge in [0.15, 0.2) is 5.16 Å². The molecule has 1 aromatic heterocycles. The van der Waals surface area contributed by atoms with Gasteiger partial charge in [-0.15, -0.1) is 0 Å². The predicted molar refractivity (Wildman–Crippen MR) is 65.3 cm³/mol. The summed E-state index contributed by atoms with van der Waals surface area (Å²) in [5.74, 6) is 0.906. The van der Waals surface area contributed by atoms with E-state index < -0.39 is 0 Å². The van der Waals surface area contributed by atoms with Gasteiger partial charge in [-0.05, 0) is 5.56 Å². The number of imidazole rings is 1. The van der Waals surface area contributed by atoms with Gasteiger partial charge in [0.25, 0.3) is 0 Å². The van der Waals surface area contributed by atoms with Crippen LogP contribution >= 0.6 is 11.8 Å². The molecule has 0 saturated carbocycles. The van der Waals surface area contributed by atoms with Crippen molar-refractivity contribution in [2.24, 2.45) is 0 Å². The van der Waals surface area contributed by atoms with Crippen molar-refractivity contribution in [1.82, 2.24) is 9.55 Å². The Balaban J connectivity index is 1.97. The minimum absolute atomic E-state index is 0.148. The number of rotatable bonds is 5. The van der Waals surface area contributed by atoms with E-state index in [0.717, 1.165) is 10.9 Å². The summed E-state index contributed by atoms with van der Waals surface area (Å²) in [7, 11) is 0. The molecule has 0 fully saturated rings. The summed E-state index contributed by atoms with van der Waals surface area (Å²) in [5.41, 5.74) is 1.28. The minimum atomic E-state index is 0.148. The molecule has 1 aromatic carbocycles. The molecule has 0 bridgehead atoms. The third kappa shape index (κ3) is 2.87. The van der Waals surface area contributed by atoms with Crippen LogP contribution in [-0.2, 0) is 12.3 Å². The molecule has 1 N–H and O–H groups in total. The fraction of sp³-hybridized carbons (Fsp3) is 0.250. The van der Waals surface area contributed by atoms with Crippen LogP contribution in [-0.4, -0.2) is 21.3 Å². The summed E-state index contributed by atoms with van der Waals surface area (Å²) in [6.07, 6.45) is 3.66. The summed E-state index contributed by atoms with van der Waals surface area (Å²) >= 11 is 1.69. The zero-order chi connectivity index (χ0) is 11.2. The highest BCUT2D eigenvalue weighted by molar-refractivity contribution is 7.98. The van der Waals surface area contributed by atoms with Crippen molar-refractivity contribution in [2.45, 2.75) is 17.5 Å². The number of benzene rings is 1. The topological polar surface area (TPSA) is 38.0 Å². The van der Waals surface area contributed by atoms with Gasteiger partial charge in [0.2, 0.25) is 0 Å². The Labute approximate surface area is 99.1 Å². The second-order valence-corrected chi connectivity index (χ2v) is 4.34. The Morgan fingerprint density at radius 3 is 2.81 bits per heavy atom. The molecule has 2 rings (SSSR count). The van der Waals surface area contributed by atoms with Crippen LogP contribution in [0.25, 0.3) is 0 Å². The van der Waals surface area contributed by atoms with Gasteiger partial charge in [-0.1, -0.05) is 42.1 Å². The van der Waals surface area contributed by atoms with Crippen LogP contribution in [0.15, 0.2) is 47.9 Å². The molecule has 0 spiro atoms. The first-order chi connectivity index (χ1) is 7.90. The van der Waals surface area contributed by atoms with Crippen molar-refractivity contribution < 1.29 is 5.11 Å². The quantitative estimate of drug-likeness (QED) is 0.806. The Bertz CT molecular complexity index is 428. The van der Waals surface area contributed by atoms with E-state index in [2.05, 4.69) is 17.1 Å². The van der Waals surface area contributed by atoms with E-state index in [1.807, 2.05) is 29.0 Å². The van der Waals surface area contributed by atoms with E-state index in [1.165, 1.54) is 5.56 Å². The van der Waals surface area contributed by atoms with Crippen LogP contribution in [0.4, 0.5) is 0 Å². The van der Waals surface area contributed by atoms with Crippen LogP contribution in [0.3, 0.4) is 0 Å². The summed E-state index contributed by atoms with van der Waals surface area (Å²) in [5, 5.41) is 9.85. The van der Waals surface area contributed by atoms with Crippen molar-refractivity contribution in [3.05, 3.63) is 48.3 Å². The Kier molecular flexibility index (Phi) is 4.02. The smallest absolute Gasteiger partial charge is 0.168 e. The monoisotopic (exact) mass is 234 g/mol. The van der Waals surface area contributed by atoms with Crippen molar-refractivity contribution in [1.29, 1.82) is 0 Å². The molecule has 3 nitrogen and oxygen atoms in total. The summed E-state index contributed by atoms with van der Waals surface area (Å²) in [4.78, 5) is 4.26. The van der Waals surface area contributed by atoms with Crippen LogP contribution < -0.4 is 0 Å². The number of nitrogens with zero attached hydrogens (tertiary/aromatic N) is 2. The zero-order valence-electron chi connectivity index (χ0n) is 8.91. The van der Waals surface area contributed by atoms with Crippen molar-refractivity contribution in [3.63, 3.8) is 0 Å². The average molecular weight is 234 g/mol. The summed E-state index contributed by atoms with van der Waals surface area (Å²) in [6, 6.07) is 10.3. The SMILES string of the molecule is OCCn1ccnc1SCc1ccccc1. The second kappa shape index (κ2) is 5.72. The van der Waals surface area contributed by atoms with Crippen molar-refractivity contribution in [2.75, 3.05) is 6.61 Å². The molecule has 0 unspecified atom stereocenters. The van der Waals surface area contributed by atoms with Gasteiger partial charge < -0.3 is 9.67 Å². The highest BCUT2D eigenvalue weighted by Crippen LogP contribution is 2.20. The van der Waals surface area contributed by atoms with Gasteiger partial charge in [0.1, 0.15) is 0 Å². The predicted octanol–water partition coefficient (Wildman–Crippen LogP) is 2.17. The van der Waals surface area contributed by atoms with E-state index in [4.69, 9.17) is 5.11 Å². The fourth-order valence-corrected chi connectivity index (χ4v) is 2.38. The molecule has 2 aromatic rings. The van der Waals surface area contributed by atoms with Crippen LogP contribution in [0.2, 0.25) is 0 Å². The fourth-order valence-electron chi connectivity index (χ4n) is 1.44. The largest absolute Gasteiger partial charge is 0.395 e. The molecular weight excluding hydrogens is 220 g/mol. The second-order valence-electron chi connectivity index (χ2n) is 3.40. The maximum absolute atomic E-state index is 8.89. The molecule has 0 saturated heterocycles. The third-order valence-electron chi connectivity index (χ3n) is 2.23. The lowest BCUT2D eigenvalue weighted by Gasteiger charge is -2.05. The Hall–Kier alpha value is -1.26. The average Bonchev–Trinajstić information content (AvgIpc) is 2.76. The van der Waals surface area contributed by atoms with Crippen molar-refractivity contribution in [3.8, 4) is 0 Å². The van der Waals surface area contributed by atoms with E-state index in [1.54, 1.807) is 18.0 Å². The highest BCUT2D eigenvalue weighted by Gasteiger charge is 2.02. The molecule has 4 heteroatoms. The molecule has 0 aliphatic carbocycles. The van der Waals surface area contributed by atoms with Gasteiger partial charge in [0.05, 0.1) is 6.61 Å². The van der Waals surface area contributed by atoms with Gasteiger partial charge in [-0.3, -0.25) is 0 Å². The minimum Gasteiger partial charge on any atom is -0.395 e. The maximum Gasteiger partial charge on any atom is 0.168 e. The van der Waals surface area contributed by atoms with E-state index in [-0.39, 0.29) is 6.61 Å². The van der Waals surface area contributed by atoms with Gasteiger partial charge >= 0.3 is 0 Å². The number of hydrogen-bond donors (Lipinski definition) is 1. The van der Waals surface area contributed by atoms with Gasteiger partial charge in [-0.25, -0.2) is 4.98 Å². The lowest BCUT2D eigenvalue weighted by molar-refractivity contribution is 0.271. The third-order valence-corrected chi connectivity index (χ3v) is 3.30. The Morgan fingerprint density at radius 2 is 2.06 bits per heavy atom. The van der Waals surface area contributed by atoms with Crippen molar-refractivity contribution >= 4 is 11.8 Å². The molecular formula is C12H14N2OS. The molecule has 0 radical (unpaired) electrons. The highest BCUT2D eigenvalue weighted by atomic mass is 32.2. The van der Waals surface area contributed by atoms with E-state index >= 15 is 0 Å². The maximum atomic E-state index is 8.89. The number of thioether (sulfide) groups is 1. The zero-order valence-corrected chi connectivity index (χ0v) is 9.73. The Morgan fingerprint density at radius 1 is 1.25 bits per heavy atom. The number of aliphatic hydroxyl groups is 1. The van der Waals surface area contributed by atoms with E-state index in [0.29, 0.717) is 6.54 Å². The molecule has 16 heavy (non-hydrogen) atoms. The first-order valence-electron chi connectivity index (χ1n) is 5.19. The summed E-state index contributed by atoms with van der Waals surface area (Å²) < 4.78 is 1.97. The standard InChI is InChI=1S/C12H14N2OS/c15-9-8-14-7-6-13-12(14)16-10-11-4-2-1-3-5-11/h1-7,15H,8-10H2. The number of aromatic nitrogens is 2. The number of hydrogen-bond acceptors (Lipinski definition) is 3. The molecule has 1 heterocycles. The number of aliphatic hydroxyl groups excluding tert-OH is 1. The molecule has 0 aliphatic heterocycles. The van der Waals surface area contributed by atoms with Crippen LogP contribution in [0, 0.1) is 0 Å². The molecule has 0 atom stereocenters. The lowest BCUT2D eigenvalue weighted by atomic mass is 10.2. The normalized spacial score (nSPS) is 10.6. The summed E-state index contributed by atoms with van der Waals surface area (Å²) in [6.45, 7) is 0.756. The van der Waals surface area contributed by atoms with Gasteiger partial charge in [0, 0.05) is 24.7 Å².